The van der Waals surface area contributed by atoms with E-state index in [1.54, 1.807) is 7.11 Å². The molecule has 2 bridgehead atoms. The van der Waals surface area contributed by atoms with E-state index in [0.717, 1.165) is 24.9 Å². The summed E-state index contributed by atoms with van der Waals surface area (Å²) in [7, 11) is 1.77. The minimum atomic E-state index is 0.341. The second-order valence-corrected chi connectivity index (χ2v) is 4.92. The topological polar surface area (TPSA) is 18.5 Å². The minimum absolute atomic E-state index is 0.341. The third-order valence-electron chi connectivity index (χ3n) is 3.93. The normalized spacial score (nSPS) is 37.7. The fourth-order valence-electron chi connectivity index (χ4n) is 2.89. The van der Waals surface area contributed by atoms with E-state index in [1.807, 2.05) is 0 Å². The predicted octanol–water partition coefficient (Wildman–Crippen LogP) is 2.62. The van der Waals surface area contributed by atoms with Crippen molar-refractivity contribution in [3.8, 4) is 0 Å². The molecule has 2 aliphatic carbocycles. The highest BCUT2D eigenvalue weighted by molar-refractivity contribution is 4.90. The summed E-state index contributed by atoms with van der Waals surface area (Å²) in [4.78, 5) is 0. The molecule has 0 aromatic carbocycles. The first kappa shape index (κ1) is 10.4. The molecular weight excluding hydrogens is 176 g/mol. The lowest BCUT2D eigenvalue weighted by atomic mass is 9.98. The smallest absolute Gasteiger partial charge is 0.0606 e. The second-order valence-electron chi connectivity index (χ2n) is 4.92. The van der Waals surface area contributed by atoms with Gasteiger partial charge in [0.2, 0.25) is 0 Å². The highest BCUT2D eigenvalue weighted by Crippen LogP contribution is 2.45. The van der Waals surface area contributed by atoms with E-state index in [2.05, 4.69) is 6.92 Å². The number of hydrogen-bond donors (Lipinski definition) is 0. The lowest BCUT2D eigenvalue weighted by molar-refractivity contribution is -0.00491. The summed E-state index contributed by atoms with van der Waals surface area (Å²) in [6, 6.07) is 0. The molecule has 14 heavy (non-hydrogen) atoms. The average Bonchev–Trinajstić information content (AvgIpc) is 2.79. The maximum absolute atomic E-state index is 5.93. The highest BCUT2D eigenvalue weighted by Gasteiger charge is 2.39. The molecule has 0 heterocycles. The van der Waals surface area contributed by atoms with Crippen LogP contribution in [0, 0.1) is 11.8 Å². The molecule has 2 heteroatoms. The number of ether oxygens (including phenoxy) is 2. The van der Waals surface area contributed by atoms with Gasteiger partial charge in [-0.1, -0.05) is 0 Å². The molecule has 0 aromatic rings. The molecule has 0 aliphatic heterocycles. The van der Waals surface area contributed by atoms with Gasteiger partial charge in [-0.05, 0) is 50.9 Å². The molecule has 2 nitrogen and oxygen atoms in total. The molecule has 82 valence electrons. The molecule has 4 unspecified atom stereocenters. The van der Waals surface area contributed by atoms with E-state index < -0.39 is 0 Å². The third-order valence-corrected chi connectivity index (χ3v) is 3.93. The molecule has 0 radical (unpaired) electrons. The van der Waals surface area contributed by atoms with E-state index >= 15 is 0 Å². The van der Waals surface area contributed by atoms with Crippen molar-refractivity contribution in [1.82, 2.24) is 0 Å². The van der Waals surface area contributed by atoms with Crippen LogP contribution in [0.2, 0.25) is 0 Å². The standard InChI is InChI=1S/C12H22O2/c1-9(13-2)5-6-14-12-8-10-3-4-11(12)7-10/h9-12H,3-8H2,1-2H3. The van der Waals surface area contributed by atoms with Crippen LogP contribution in [0.25, 0.3) is 0 Å². The summed E-state index contributed by atoms with van der Waals surface area (Å²) >= 11 is 0. The summed E-state index contributed by atoms with van der Waals surface area (Å²) in [6.45, 7) is 2.98. The average molecular weight is 198 g/mol. The van der Waals surface area contributed by atoms with E-state index in [-0.39, 0.29) is 0 Å². The van der Waals surface area contributed by atoms with Gasteiger partial charge in [0.15, 0.2) is 0 Å². The van der Waals surface area contributed by atoms with Gasteiger partial charge >= 0.3 is 0 Å². The van der Waals surface area contributed by atoms with Crippen LogP contribution in [0.4, 0.5) is 0 Å². The first-order chi connectivity index (χ1) is 6.79. The summed E-state index contributed by atoms with van der Waals surface area (Å²) in [5, 5.41) is 0. The van der Waals surface area contributed by atoms with Crippen molar-refractivity contribution < 1.29 is 9.47 Å². The summed E-state index contributed by atoms with van der Waals surface area (Å²) in [5.74, 6) is 1.88. The number of rotatable bonds is 5. The van der Waals surface area contributed by atoms with Gasteiger partial charge in [-0.15, -0.1) is 0 Å². The van der Waals surface area contributed by atoms with Crippen LogP contribution in [0.1, 0.15) is 39.0 Å². The molecule has 0 spiro atoms. The number of hydrogen-bond acceptors (Lipinski definition) is 2. The fourth-order valence-corrected chi connectivity index (χ4v) is 2.89. The van der Waals surface area contributed by atoms with Crippen molar-refractivity contribution in [2.24, 2.45) is 11.8 Å². The van der Waals surface area contributed by atoms with E-state index in [9.17, 15) is 0 Å². The Balaban J connectivity index is 1.62. The Kier molecular flexibility index (Phi) is 3.45. The van der Waals surface area contributed by atoms with Gasteiger partial charge in [-0.25, -0.2) is 0 Å². The van der Waals surface area contributed by atoms with Crippen LogP contribution >= 0.6 is 0 Å². The van der Waals surface area contributed by atoms with Gasteiger partial charge < -0.3 is 9.47 Å². The van der Waals surface area contributed by atoms with Gasteiger partial charge in [-0.2, -0.15) is 0 Å². The SMILES string of the molecule is COC(C)CCOC1CC2CCC1C2. The Hall–Kier alpha value is -0.0800. The van der Waals surface area contributed by atoms with Gasteiger partial charge in [-0.3, -0.25) is 0 Å². The zero-order chi connectivity index (χ0) is 9.97. The minimum Gasteiger partial charge on any atom is -0.382 e. The first-order valence-corrected chi connectivity index (χ1v) is 5.94. The molecule has 2 fully saturated rings. The van der Waals surface area contributed by atoms with E-state index in [0.29, 0.717) is 12.2 Å². The van der Waals surface area contributed by atoms with Gasteiger partial charge in [0, 0.05) is 13.7 Å². The van der Waals surface area contributed by atoms with Crippen molar-refractivity contribution in [3.05, 3.63) is 0 Å². The maximum Gasteiger partial charge on any atom is 0.0606 e. The lowest BCUT2D eigenvalue weighted by Crippen LogP contribution is -2.22. The molecule has 2 aliphatic rings. The Morgan fingerprint density at radius 1 is 1.29 bits per heavy atom. The van der Waals surface area contributed by atoms with Crippen molar-refractivity contribution >= 4 is 0 Å². The summed E-state index contributed by atoms with van der Waals surface area (Å²) in [5.41, 5.74) is 0. The molecular formula is C12H22O2. The van der Waals surface area contributed by atoms with Crippen molar-refractivity contribution in [2.75, 3.05) is 13.7 Å². The fraction of sp³-hybridized carbons (Fsp3) is 1.00. The number of methoxy groups -OCH3 is 1. The van der Waals surface area contributed by atoms with Crippen LogP contribution in [-0.2, 0) is 9.47 Å². The van der Waals surface area contributed by atoms with Crippen LogP contribution < -0.4 is 0 Å². The maximum atomic E-state index is 5.93. The van der Waals surface area contributed by atoms with E-state index in [4.69, 9.17) is 9.47 Å². The Bertz CT molecular complexity index is 181. The predicted molar refractivity (Wildman–Crippen MR) is 56.3 cm³/mol. The van der Waals surface area contributed by atoms with Crippen molar-refractivity contribution in [3.63, 3.8) is 0 Å². The monoisotopic (exact) mass is 198 g/mol. The number of fused-ring (bicyclic) bond motifs is 2. The second kappa shape index (κ2) is 4.63. The van der Waals surface area contributed by atoms with Gasteiger partial charge in [0.1, 0.15) is 0 Å². The quantitative estimate of drug-likeness (QED) is 0.676. The Morgan fingerprint density at radius 2 is 2.14 bits per heavy atom. The van der Waals surface area contributed by atoms with Crippen molar-refractivity contribution in [1.29, 1.82) is 0 Å². The molecule has 0 N–H and O–H groups in total. The third kappa shape index (κ3) is 2.29. The van der Waals surface area contributed by atoms with E-state index in [1.165, 1.54) is 25.7 Å². The Labute approximate surface area is 87.0 Å². The molecule has 0 amide bonds. The first-order valence-electron chi connectivity index (χ1n) is 5.94. The summed E-state index contributed by atoms with van der Waals surface area (Å²) < 4.78 is 11.1. The molecule has 0 saturated heterocycles. The molecule has 0 aromatic heterocycles. The van der Waals surface area contributed by atoms with Gasteiger partial charge in [0.05, 0.1) is 12.2 Å². The van der Waals surface area contributed by atoms with Crippen LogP contribution in [-0.4, -0.2) is 25.9 Å². The zero-order valence-electron chi connectivity index (χ0n) is 9.37. The molecule has 2 rings (SSSR count). The largest absolute Gasteiger partial charge is 0.382 e. The van der Waals surface area contributed by atoms with Crippen LogP contribution in [0.15, 0.2) is 0 Å². The lowest BCUT2D eigenvalue weighted by Gasteiger charge is -2.22. The Morgan fingerprint density at radius 3 is 2.71 bits per heavy atom. The molecule has 2 saturated carbocycles. The summed E-state index contributed by atoms with van der Waals surface area (Å²) in [6.07, 6.45) is 7.58. The van der Waals surface area contributed by atoms with Crippen molar-refractivity contribution in [2.45, 2.75) is 51.2 Å². The van der Waals surface area contributed by atoms with Crippen LogP contribution in [0.5, 0.6) is 0 Å². The molecule has 4 atom stereocenters. The highest BCUT2D eigenvalue weighted by atomic mass is 16.5. The van der Waals surface area contributed by atoms with Crippen LogP contribution in [0.3, 0.4) is 0 Å². The zero-order valence-corrected chi connectivity index (χ0v) is 9.37. The van der Waals surface area contributed by atoms with Gasteiger partial charge in [0.25, 0.3) is 0 Å².